The van der Waals surface area contributed by atoms with E-state index in [4.69, 9.17) is 39.4 Å². The zero-order valence-electron chi connectivity index (χ0n) is 8.57. The molecule has 0 bridgehead atoms. The van der Waals surface area contributed by atoms with Gasteiger partial charge in [0, 0.05) is 0 Å². The van der Waals surface area contributed by atoms with E-state index in [1.54, 1.807) is 18.2 Å². The van der Waals surface area contributed by atoms with Crippen LogP contribution in [0.5, 0.6) is 5.75 Å². The predicted octanol–water partition coefficient (Wildman–Crippen LogP) is 3.06. The van der Waals surface area contributed by atoms with Gasteiger partial charge in [-0.25, -0.2) is 5.10 Å². The van der Waals surface area contributed by atoms with E-state index in [2.05, 4.69) is 16.1 Å². The quantitative estimate of drug-likeness (QED) is 0.685. The third-order valence-corrected chi connectivity index (χ3v) is 2.42. The van der Waals surface area contributed by atoms with Crippen molar-refractivity contribution >= 4 is 23.8 Å². The minimum absolute atomic E-state index is 0.193. The molecule has 0 spiro atoms. The monoisotopic (exact) mass is 266 g/mol. The van der Waals surface area contributed by atoms with Gasteiger partial charge in [0.2, 0.25) is 5.89 Å². The Kier molecular flexibility index (Phi) is 3.47. The summed E-state index contributed by atoms with van der Waals surface area (Å²) in [6.45, 7) is 0.193. The Balaban J connectivity index is 2.32. The number of terminal acetylenes is 1. The van der Waals surface area contributed by atoms with Crippen molar-refractivity contribution in [2.75, 3.05) is 6.61 Å². The van der Waals surface area contributed by atoms with Crippen LogP contribution in [0.4, 0.5) is 0 Å². The Morgan fingerprint density at radius 2 is 2.41 bits per heavy atom. The first-order valence-corrected chi connectivity index (χ1v) is 5.41. The molecule has 0 radical (unpaired) electrons. The molecule has 17 heavy (non-hydrogen) atoms. The summed E-state index contributed by atoms with van der Waals surface area (Å²) < 4.78 is 10.4. The van der Waals surface area contributed by atoms with Crippen molar-refractivity contribution in [3.63, 3.8) is 0 Å². The van der Waals surface area contributed by atoms with Crippen LogP contribution in [0.2, 0.25) is 5.02 Å². The fourth-order valence-electron chi connectivity index (χ4n) is 1.23. The van der Waals surface area contributed by atoms with Gasteiger partial charge in [0.05, 0.1) is 10.6 Å². The van der Waals surface area contributed by atoms with Crippen LogP contribution in [0.1, 0.15) is 0 Å². The van der Waals surface area contributed by atoms with Crippen molar-refractivity contribution in [2.24, 2.45) is 0 Å². The number of hydrogen-bond acceptors (Lipinski definition) is 4. The van der Waals surface area contributed by atoms with Gasteiger partial charge in [-0.15, -0.1) is 11.5 Å². The second-order valence-electron chi connectivity index (χ2n) is 3.05. The third-order valence-electron chi connectivity index (χ3n) is 1.93. The smallest absolute Gasteiger partial charge is 0.284 e. The van der Waals surface area contributed by atoms with E-state index in [-0.39, 0.29) is 11.4 Å². The van der Waals surface area contributed by atoms with Crippen molar-refractivity contribution in [2.45, 2.75) is 0 Å². The molecule has 2 aromatic rings. The number of H-pyrrole nitrogens is 1. The summed E-state index contributed by atoms with van der Waals surface area (Å²) in [5, 5.41) is 6.86. The maximum Gasteiger partial charge on any atom is 0.284 e. The lowest BCUT2D eigenvalue weighted by Gasteiger charge is -2.04. The lowest BCUT2D eigenvalue weighted by molar-refractivity contribution is 0.370. The molecule has 0 aliphatic carbocycles. The summed E-state index contributed by atoms with van der Waals surface area (Å²) >= 11 is 10.9. The van der Waals surface area contributed by atoms with Gasteiger partial charge in [-0.05, 0) is 30.4 Å². The molecule has 0 fully saturated rings. The lowest BCUT2D eigenvalue weighted by Crippen LogP contribution is -1.93. The van der Waals surface area contributed by atoms with Crippen LogP contribution in [0, 0.1) is 17.2 Å². The summed E-state index contributed by atoms with van der Waals surface area (Å²) in [4.78, 5) is 0.198. The molecular weight excluding hydrogens is 260 g/mol. The van der Waals surface area contributed by atoms with Crippen LogP contribution in [-0.4, -0.2) is 16.8 Å². The molecular formula is C11H7ClN2O2S. The largest absolute Gasteiger partial charge is 0.481 e. The van der Waals surface area contributed by atoms with Crippen LogP contribution in [0.3, 0.4) is 0 Å². The van der Waals surface area contributed by atoms with Gasteiger partial charge >= 0.3 is 0 Å². The van der Waals surface area contributed by atoms with Crippen LogP contribution >= 0.6 is 23.8 Å². The van der Waals surface area contributed by atoms with Gasteiger partial charge in [-0.3, -0.25) is 0 Å². The van der Waals surface area contributed by atoms with E-state index in [0.29, 0.717) is 22.2 Å². The lowest BCUT2D eigenvalue weighted by atomic mass is 10.2. The average molecular weight is 267 g/mol. The molecule has 2 rings (SSSR count). The first kappa shape index (κ1) is 11.7. The minimum atomic E-state index is 0.193. The number of aromatic nitrogens is 2. The van der Waals surface area contributed by atoms with Crippen molar-refractivity contribution in [3.8, 4) is 29.5 Å². The first-order valence-electron chi connectivity index (χ1n) is 4.62. The first-order chi connectivity index (χ1) is 8.20. The normalized spacial score (nSPS) is 9.88. The molecule has 0 saturated carbocycles. The number of nitrogens with one attached hydrogen (secondary N) is 1. The Labute approximate surface area is 108 Å². The van der Waals surface area contributed by atoms with E-state index >= 15 is 0 Å². The summed E-state index contributed by atoms with van der Waals surface area (Å²) in [5.74, 6) is 3.30. The average Bonchev–Trinajstić information content (AvgIpc) is 2.73. The summed E-state index contributed by atoms with van der Waals surface area (Å²) in [6.07, 6.45) is 5.09. The number of ether oxygens (including phenoxy) is 1. The molecule has 0 atom stereocenters. The number of halogens is 1. The van der Waals surface area contributed by atoms with Crippen molar-refractivity contribution in [3.05, 3.63) is 28.1 Å². The molecule has 0 aliphatic heterocycles. The molecule has 0 amide bonds. The number of rotatable bonds is 3. The Morgan fingerprint density at radius 3 is 3.00 bits per heavy atom. The number of benzene rings is 1. The topological polar surface area (TPSA) is 51.0 Å². The molecule has 4 nitrogen and oxygen atoms in total. The van der Waals surface area contributed by atoms with Crippen molar-refractivity contribution in [1.29, 1.82) is 0 Å². The standard InChI is InChI=1S/C11H7ClN2O2S/c1-2-5-15-7-3-4-8(9(12)6-7)10-13-14-11(17)16-10/h1,3-4,6H,5H2,(H,14,17). The Hall–Kier alpha value is -1.77. The van der Waals surface area contributed by atoms with Gasteiger partial charge in [0.25, 0.3) is 4.84 Å². The SMILES string of the molecule is C#CCOc1ccc(-c2n[nH]c(=S)o2)c(Cl)c1. The summed E-state index contributed by atoms with van der Waals surface area (Å²) in [7, 11) is 0. The summed E-state index contributed by atoms with van der Waals surface area (Å²) in [5.41, 5.74) is 0.632. The number of nitrogens with zero attached hydrogens (tertiary/aromatic N) is 1. The number of aromatic amines is 1. The van der Waals surface area contributed by atoms with E-state index < -0.39 is 0 Å². The summed E-state index contributed by atoms with van der Waals surface area (Å²) in [6, 6.07) is 5.09. The van der Waals surface area contributed by atoms with Crippen molar-refractivity contribution in [1.82, 2.24) is 10.2 Å². The third kappa shape index (κ3) is 2.67. The highest BCUT2D eigenvalue weighted by atomic mass is 35.5. The van der Waals surface area contributed by atoms with E-state index in [1.807, 2.05) is 0 Å². The maximum atomic E-state index is 6.07. The van der Waals surface area contributed by atoms with Crippen LogP contribution < -0.4 is 4.74 Å². The minimum Gasteiger partial charge on any atom is -0.481 e. The van der Waals surface area contributed by atoms with Gasteiger partial charge < -0.3 is 9.15 Å². The van der Waals surface area contributed by atoms with Gasteiger partial charge in [-0.2, -0.15) is 0 Å². The highest BCUT2D eigenvalue weighted by Gasteiger charge is 2.09. The zero-order chi connectivity index (χ0) is 12.3. The molecule has 1 aromatic carbocycles. The number of hydrogen-bond donors (Lipinski definition) is 1. The fourth-order valence-corrected chi connectivity index (χ4v) is 1.61. The van der Waals surface area contributed by atoms with Crippen LogP contribution in [-0.2, 0) is 0 Å². The van der Waals surface area contributed by atoms with Crippen LogP contribution in [0.25, 0.3) is 11.5 Å². The molecule has 86 valence electrons. The molecule has 0 aliphatic rings. The van der Waals surface area contributed by atoms with E-state index in [1.165, 1.54) is 0 Å². The zero-order valence-corrected chi connectivity index (χ0v) is 10.1. The molecule has 6 heteroatoms. The van der Waals surface area contributed by atoms with Gasteiger partial charge in [-0.1, -0.05) is 17.5 Å². The maximum absolute atomic E-state index is 6.07. The fraction of sp³-hybridized carbons (Fsp3) is 0.0909. The van der Waals surface area contributed by atoms with Crippen LogP contribution in [0.15, 0.2) is 22.6 Å². The second kappa shape index (κ2) is 5.04. The molecule has 1 heterocycles. The highest BCUT2D eigenvalue weighted by molar-refractivity contribution is 7.71. The molecule has 1 N–H and O–H groups in total. The van der Waals surface area contributed by atoms with E-state index in [9.17, 15) is 0 Å². The van der Waals surface area contributed by atoms with Crippen molar-refractivity contribution < 1.29 is 9.15 Å². The van der Waals surface area contributed by atoms with Gasteiger partial charge in [0.1, 0.15) is 12.4 Å². The van der Waals surface area contributed by atoms with E-state index in [0.717, 1.165) is 0 Å². The molecule has 0 unspecified atom stereocenters. The predicted molar refractivity (Wildman–Crippen MR) is 66.5 cm³/mol. The molecule has 0 saturated heterocycles. The molecule has 1 aromatic heterocycles. The van der Waals surface area contributed by atoms with Gasteiger partial charge in [0.15, 0.2) is 0 Å². The Bertz CT molecular complexity index is 627. The highest BCUT2D eigenvalue weighted by Crippen LogP contribution is 2.29. The Morgan fingerprint density at radius 1 is 1.59 bits per heavy atom. The second-order valence-corrected chi connectivity index (χ2v) is 3.83.